The first-order valence-electron chi connectivity index (χ1n) is 10.5. The van der Waals surface area contributed by atoms with Gasteiger partial charge < -0.3 is 4.74 Å². The monoisotopic (exact) mass is 374 g/mol. The molecule has 1 aliphatic rings. The lowest BCUT2D eigenvalue weighted by Crippen LogP contribution is -2.25. The van der Waals surface area contributed by atoms with Crippen LogP contribution in [-0.4, -0.2) is 5.97 Å². The summed E-state index contributed by atoms with van der Waals surface area (Å²) in [4.78, 5) is 12.4. The highest BCUT2D eigenvalue weighted by Gasteiger charge is 2.27. The molecule has 1 aliphatic carbocycles. The summed E-state index contributed by atoms with van der Waals surface area (Å²) in [6.07, 6.45) is 6.75. The summed E-state index contributed by atoms with van der Waals surface area (Å²) in [6, 6.07) is 13.8. The Morgan fingerprint density at radius 1 is 1.00 bits per heavy atom. The van der Waals surface area contributed by atoms with Crippen molar-refractivity contribution in [3.8, 4) is 17.6 Å². The molecule has 2 aromatic carbocycles. The summed E-state index contributed by atoms with van der Waals surface area (Å²) < 4.78 is 5.61. The van der Waals surface area contributed by atoms with Crippen LogP contribution in [0.4, 0.5) is 0 Å². The highest BCUT2D eigenvalue weighted by molar-refractivity contribution is 5.75. The van der Waals surface area contributed by atoms with E-state index in [-0.39, 0.29) is 11.9 Å². The molecule has 0 atom stereocenters. The summed E-state index contributed by atoms with van der Waals surface area (Å²) in [5.74, 6) is 7.79. The van der Waals surface area contributed by atoms with Gasteiger partial charge in [-0.25, -0.2) is 0 Å². The van der Waals surface area contributed by atoms with Crippen molar-refractivity contribution < 1.29 is 9.53 Å². The van der Waals surface area contributed by atoms with E-state index in [4.69, 9.17) is 4.74 Å². The summed E-state index contributed by atoms with van der Waals surface area (Å²) in [5, 5.41) is 0. The molecule has 0 saturated heterocycles. The average Bonchev–Trinajstić information content (AvgIpc) is 2.69. The first kappa shape index (κ1) is 20.2. The molecule has 0 amide bonds. The van der Waals surface area contributed by atoms with Crippen LogP contribution in [0, 0.1) is 37.5 Å². The van der Waals surface area contributed by atoms with Crippen molar-refractivity contribution >= 4 is 5.97 Å². The predicted octanol–water partition coefficient (Wildman–Crippen LogP) is 6.22. The van der Waals surface area contributed by atoms with Gasteiger partial charge in [-0.15, -0.1) is 0 Å². The quantitative estimate of drug-likeness (QED) is 0.361. The summed E-state index contributed by atoms with van der Waals surface area (Å²) in [5.41, 5.74) is 4.39. The molecule has 0 bridgehead atoms. The van der Waals surface area contributed by atoms with Crippen LogP contribution < -0.4 is 4.74 Å². The van der Waals surface area contributed by atoms with Crippen LogP contribution in [0.3, 0.4) is 0 Å². The molecule has 0 unspecified atom stereocenters. The molecule has 0 spiro atoms. The normalized spacial score (nSPS) is 18.8. The maximum Gasteiger partial charge on any atom is 0.314 e. The lowest BCUT2D eigenvalue weighted by molar-refractivity contribution is -0.140. The molecule has 0 aromatic heterocycles. The van der Waals surface area contributed by atoms with Crippen LogP contribution in [0.2, 0.25) is 0 Å². The van der Waals surface area contributed by atoms with Gasteiger partial charge in [0.15, 0.2) is 0 Å². The van der Waals surface area contributed by atoms with Gasteiger partial charge in [-0.05, 0) is 81.3 Å². The van der Waals surface area contributed by atoms with Crippen LogP contribution in [0.25, 0.3) is 0 Å². The minimum absolute atomic E-state index is 0.0529. The van der Waals surface area contributed by atoms with Crippen molar-refractivity contribution in [1.82, 2.24) is 0 Å². The Balaban J connectivity index is 1.56. The Morgan fingerprint density at radius 3 is 2.36 bits per heavy atom. The van der Waals surface area contributed by atoms with Crippen molar-refractivity contribution in [3.05, 3.63) is 64.7 Å². The molecule has 1 fully saturated rings. The van der Waals surface area contributed by atoms with Gasteiger partial charge in [0.05, 0.1) is 5.92 Å². The van der Waals surface area contributed by atoms with E-state index in [1.54, 1.807) is 0 Å². The average molecular weight is 375 g/mol. The number of esters is 1. The lowest BCUT2D eigenvalue weighted by Gasteiger charge is -2.26. The minimum Gasteiger partial charge on any atom is -0.426 e. The third-order valence-electron chi connectivity index (χ3n) is 5.67. The van der Waals surface area contributed by atoms with Gasteiger partial charge in [0.1, 0.15) is 5.75 Å². The van der Waals surface area contributed by atoms with E-state index in [1.807, 2.05) is 24.3 Å². The third kappa shape index (κ3) is 5.49. The van der Waals surface area contributed by atoms with Crippen LogP contribution >= 0.6 is 0 Å². The molecule has 2 heteroatoms. The molecule has 2 aromatic rings. The maximum absolute atomic E-state index is 12.4. The highest BCUT2D eigenvalue weighted by atomic mass is 16.5. The first-order valence-corrected chi connectivity index (χ1v) is 10.5. The van der Waals surface area contributed by atoms with Crippen LogP contribution in [0.15, 0.2) is 42.5 Å². The van der Waals surface area contributed by atoms with Gasteiger partial charge in [-0.3, -0.25) is 4.79 Å². The van der Waals surface area contributed by atoms with E-state index < -0.39 is 0 Å². The van der Waals surface area contributed by atoms with Crippen molar-refractivity contribution in [1.29, 1.82) is 0 Å². The third-order valence-corrected chi connectivity index (χ3v) is 5.67. The number of benzene rings is 2. The van der Waals surface area contributed by atoms with Gasteiger partial charge >= 0.3 is 5.97 Å². The van der Waals surface area contributed by atoms with Crippen molar-refractivity contribution in [2.75, 3.05) is 0 Å². The van der Waals surface area contributed by atoms with Gasteiger partial charge in [0, 0.05) is 11.1 Å². The zero-order valence-electron chi connectivity index (χ0n) is 17.3. The second-order valence-electron chi connectivity index (χ2n) is 8.02. The highest BCUT2D eigenvalue weighted by Crippen LogP contribution is 2.32. The molecular formula is C26H30O2. The number of carbonyl (C=O) groups excluding carboxylic acids is 1. The Hall–Kier alpha value is -2.53. The van der Waals surface area contributed by atoms with Gasteiger partial charge in [0.2, 0.25) is 0 Å². The molecule has 146 valence electrons. The Kier molecular flexibility index (Phi) is 6.93. The molecule has 1 saturated carbocycles. The number of aryl methyl sites for hydroxylation is 2. The van der Waals surface area contributed by atoms with E-state index >= 15 is 0 Å². The smallest absolute Gasteiger partial charge is 0.314 e. The van der Waals surface area contributed by atoms with E-state index in [1.165, 1.54) is 24.0 Å². The van der Waals surface area contributed by atoms with E-state index in [9.17, 15) is 4.79 Å². The van der Waals surface area contributed by atoms with Gasteiger partial charge in [0.25, 0.3) is 0 Å². The molecule has 0 heterocycles. The Morgan fingerprint density at radius 2 is 1.71 bits per heavy atom. The van der Waals surface area contributed by atoms with Crippen molar-refractivity contribution in [2.45, 2.75) is 59.3 Å². The zero-order valence-corrected chi connectivity index (χ0v) is 17.3. The fraction of sp³-hybridized carbons (Fsp3) is 0.423. The number of hydrogen-bond acceptors (Lipinski definition) is 2. The van der Waals surface area contributed by atoms with Crippen LogP contribution in [-0.2, 0) is 4.79 Å². The molecule has 2 nitrogen and oxygen atoms in total. The maximum atomic E-state index is 12.4. The van der Waals surface area contributed by atoms with Gasteiger partial charge in [-0.1, -0.05) is 49.3 Å². The Labute approximate surface area is 169 Å². The zero-order chi connectivity index (χ0) is 19.9. The molecular weight excluding hydrogens is 344 g/mol. The van der Waals surface area contributed by atoms with Crippen molar-refractivity contribution in [3.63, 3.8) is 0 Å². The second kappa shape index (κ2) is 9.60. The molecule has 0 aliphatic heterocycles. The number of hydrogen-bond donors (Lipinski definition) is 0. The van der Waals surface area contributed by atoms with E-state index in [2.05, 4.69) is 50.8 Å². The fourth-order valence-corrected chi connectivity index (χ4v) is 3.99. The Bertz CT molecular complexity index is 860. The molecule has 0 radical (unpaired) electrons. The fourth-order valence-electron chi connectivity index (χ4n) is 3.99. The van der Waals surface area contributed by atoms with Gasteiger partial charge in [-0.2, -0.15) is 0 Å². The molecule has 0 N–H and O–H groups in total. The molecule has 3 rings (SSSR count). The SMILES string of the molecule is CCCC1CCC(C(=O)Oc2ccc(C#Cc3ccc(C)cc3C)cc2)CC1. The number of ether oxygens (including phenoxy) is 1. The standard InChI is InChI=1S/C26H30O2/c1-4-5-21-8-14-24(15-9-21)26(27)28-25-16-10-22(11-17-25)7-13-23-12-6-19(2)18-20(23)3/h6,10-12,16-18,21,24H,4-5,8-9,14-15H2,1-3H3. The topological polar surface area (TPSA) is 26.3 Å². The summed E-state index contributed by atoms with van der Waals surface area (Å²) in [7, 11) is 0. The van der Waals surface area contributed by atoms with Crippen molar-refractivity contribution in [2.24, 2.45) is 11.8 Å². The van der Waals surface area contributed by atoms with E-state index in [0.717, 1.165) is 42.7 Å². The van der Waals surface area contributed by atoms with Crippen LogP contribution in [0.1, 0.15) is 67.7 Å². The predicted molar refractivity (Wildman–Crippen MR) is 114 cm³/mol. The largest absolute Gasteiger partial charge is 0.426 e. The van der Waals surface area contributed by atoms with E-state index in [0.29, 0.717) is 5.75 Å². The summed E-state index contributed by atoms with van der Waals surface area (Å²) in [6.45, 7) is 6.40. The minimum atomic E-state index is -0.0796. The second-order valence-corrected chi connectivity index (χ2v) is 8.02. The number of rotatable bonds is 4. The van der Waals surface area contributed by atoms with Crippen LogP contribution in [0.5, 0.6) is 5.75 Å². The lowest BCUT2D eigenvalue weighted by atomic mass is 9.80. The first-order chi connectivity index (χ1) is 13.5. The molecule has 28 heavy (non-hydrogen) atoms. The summed E-state index contributed by atoms with van der Waals surface area (Å²) >= 11 is 0. The number of carbonyl (C=O) groups is 1.